The molecular formula is C21H29ClN6O. The zero-order valence-electron chi connectivity index (χ0n) is 17.5. The molecule has 3 heterocycles. The van der Waals surface area contributed by atoms with Gasteiger partial charge >= 0.3 is 0 Å². The second-order valence-electron chi connectivity index (χ2n) is 8.70. The maximum Gasteiger partial charge on any atom is 0.274 e. The van der Waals surface area contributed by atoms with Crippen molar-refractivity contribution in [3.8, 4) is 11.4 Å². The molecule has 1 fully saturated rings. The van der Waals surface area contributed by atoms with Crippen LogP contribution in [0.25, 0.3) is 17.2 Å². The number of hydrogen-bond acceptors (Lipinski definition) is 5. The largest absolute Gasteiger partial charge is 0.304 e. The van der Waals surface area contributed by atoms with Crippen LogP contribution in [0.2, 0.25) is 0 Å². The number of H-pyrrole nitrogens is 1. The molecule has 0 unspecified atom stereocenters. The van der Waals surface area contributed by atoms with Crippen LogP contribution in [-0.4, -0.2) is 62.6 Å². The van der Waals surface area contributed by atoms with E-state index in [2.05, 4.69) is 64.8 Å². The normalized spacial score (nSPS) is 16.1. The molecule has 1 aliphatic rings. The van der Waals surface area contributed by atoms with Crippen molar-refractivity contribution in [2.75, 3.05) is 33.2 Å². The van der Waals surface area contributed by atoms with E-state index in [1.807, 2.05) is 12.1 Å². The molecule has 0 spiro atoms. The lowest BCUT2D eigenvalue weighted by Gasteiger charge is -2.31. The fourth-order valence-corrected chi connectivity index (χ4v) is 3.50. The number of halogens is 1. The number of aromatic amines is 1. The lowest BCUT2D eigenvalue weighted by molar-refractivity contribution is 0.147. The summed E-state index contributed by atoms with van der Waals surface area (Å²) in [6.07, 6.45) is 0. The molecule has 0 aliphatic carbocycles. The number of aromatic nitrogens is 4. The zero-order valence-corrected chi connectivity index (χ0v) is 18.3. The van der Waals surface area contributed by atoms with E-state index in [9.17, 15) is 4.79 Å². The molecule has 3 aromatic rings. The molecule has 7 nitrogen and oxygen atoms in total. The van der Waals surface area contributed by atoms with Gasteiger partial charge in [-0.3, -0.25) is 14.8 Å². The molecule has 156 valence electrons. The van der Waals surface area contributed by atoms with Crippen molar-refractivity contribution in [1.82, 2.24) is 29.4 Å². The summed E-state index contributed by atoms with van der Waals surface area (Å²) in [5, 5.41) is 3.09. The number of fused-ring (bicyclic) bond motifs is 1. The maximum absolute atomic E-state index is 12.5. The Labute approximate surface area is 177 Å². The first kappa shape index (κ1) is 21.5. The van der Waals surface area contributed by atoms with E-state index >= 15 is 0 Å². The Morgan fingerprint density at radius 1 is 1.03 bits per heavy atom. The highest BCUT2D eigenvalue weighted by Crippen LogP contribution is 2.24. The lowest BCUT2D eigenvalue weighted by atomic mass is 9.87. The Morgan fingerprint density at radius 2 is 1.69 bits per heavy atom. The van der Waals surface area contributed by atoms with Gasteiger partial charge in [-0.1, -0.05) is 45.0 Å². The number of rotatable bonds is 3. The van der Waals surface area contributed by atoms with Crippen LogP contribution in [0.4, 0.5) is 0 Å². The van der Waals surface area contributed by atoms with Gasteiger partial charge in [0.1, 0.15) is 0 Å². The van der Waals surface area contributed by atoms with Gasteiger partial charge in [0.05, 0.1) is 5.69 Å². The van der Waals surface area contributed by atoms with Gasteiger partial charge in [-0.25, -0.2) is 4.98 Å². The quantitative estimate of drug-likeness (QED) is 0.710. The van der Waals surface area contributed by atoms with Crippen LogP contribution < -0.4 is 5.56 Å². The van der Waals surface area contributed by atoms with Gasteiger partial charge in [-0.2, -0.15) is 9.50 Å². The second kappa shape index (κ2) is 8.26. The Morgan fingerprint density at radius 3 is 2.31 bits per heavy atom. The van der Waals surface area contributed by atoms with E-state index in [0.717, 1.165) is 37.4 Å². The molecule has 0 amide bonds. The van der Waals surface area contributed by atoms with Gasteiger partial charge in [-0.05, 0) is 18.0 Å². The van der Waals surface area contributed by atoms with Crippen LogP contribution in [0.5, 0.6) is 0 Å². The molecule has 29 heavy (non-hydrogen) atoms. The number of nitrogens with zero attached hydrogens (tertiary/aromatic N) is 5. The van der Waals surface area contributed by atoms with Crippen LogP contribution in [0, 0.1) is 0 Å². The molecule has 0 saturated carbocycles. The zero-order chi connectivity index (χ0) is 19.9. The van der Waals surface area contributed by atoms with E-state index in [1.165, 1.54) is 10.1 Å². The highest BCUT2D eigenvalue weighted by atomic mass is 35.5. The van der Waals surface area contributed by atoms with Crippen molar-refractivity contribution in [2.24, 2.45) is 0 Å². The fraction of sp³-hybridized carbons (Fsp3) is 0.476. The molecule has 1 N–H and O–H groups in total. The molecular weight excluding hydrogens is 388 g/mol. The number of piperazine rings is 1. The summed E-state index contributed by atoms with van der Waals surface area (Å²) in [7, 11) is 2.13. The SMILES string of the molecule is CN1CCN(Cc2cc(=O)n3[nH]c(-c4ccc(C(C)(C)C)cc4)nc3n2)CC1.Cl. The lowest BCUT2D eigenvalue weighted by Crippen LogP contribution is -2.44. The fourth-order valence-electron chi connectivity index (χ4n) is 3.50. The third-order valence-electron chi connectivity index (χ3n) is 5.39. The summed E-state index contributed by atoms with van der Waals surface area (Å²) < 4.78 is 1.42. The van der Waals surface area contributed by atoms with Gasteiger partial charge in [0.15, 0.2) is 5.82 Å². The van der Waals surface area contributed by atoms with E-state index < -0.39 is 0 Å². The van der Waals surface area contributed by atoms with Crippen molar-refractivity contribution >= 4 is 18.2 Å². The first-order chi connectivity index (χ1) is 13.3. The molecule has 1 aliphatic heterocycles. The van der Waals surface area contributed by atoms with Gasteiger partial charge < -0.3 is 4.90 Å². The van der Waals surface area contributed by atoms with Crippen molar-refractivity contribution < 1.29 is 0 Å². The number of hydrogen-bond donors (Lipinski definition) is 1. The third kappa shape index (κ3) is 4.69. The molecule has 0 bridgehead atoms. The van der Waals surface area contributed by atoms with E-state index in [1.54, 1.807) is 6.07 Å². The first-order valence-corrected chi connectivity index (χ1v) is 9.80. The standard InChI is InChI=1S/C21H28N6O.ClH/c1-21(2,3)16-7-5-15(6-8-16)19-23-20-22-17(13-18(28)27(20)24-19)14-26-11-9-25(4)10-12-26;/h5-8,13H,9-12,14H2,1-4H3,(H,22,23,24);1H. The number of nitrogens with one attached hydrogen (secondary N) is 1. The molecule has 4 rings (SSSR count). The summed E-state index contributed by atoms with van der Waals surface area (Å²) in [6, 6.07) is 9.90. The van der Waals surface area contributed by atoms with Crippen molar-refractivity contribution in [1.29, 1.82) is 0 Å². The van der Waals surface area contributed by atoms with Crippen molar-refractivity contribution in [3.63, 3.8) is 0 Å². The monoisotopic (exact) mass is 416 g/mol. The van der Waals surface area contributed by atoms with Crippen LogP contribution >= 0.6 is 12.4 Å². The maximum atomic E-state index is 12.5. The predicted molar refractivity (Wildman–Crippen MR) is 118 cm³/mol. The van der Waals surface area contributed by atoms with Crippen LogP contribution in [0.3, 0.4) is 0 Å². The third-order valence-corrected chi connectivity index (χ3v) is 5.39. The highest BCUT2D eigenvalue weighted by Gasteiger charge is 2.17. The predicted octanol–water partition coefficient (Wildman–Crippen LogP) is 2.55. The Hall–Kier alpha value is -2.22. The van der Waals surface area contributed by atoms with Gasteiger partial charge in [0, 0.05) is 44.4 Å². The molecule has 2 aromatic heterocycles. The minimum atomic E-state index is -0.126. The molecule has 1 aromatic carbocycles. The average molecular weight is 417 g/mol. The van der Waals surface area contributed by atoms with Crippen molar-refractivity contribution in [3.05, 3.63) is 51.9 Å². The number of benzene rings is 1. The summed E-state index contributed by atoms with van der Waals surface area (Å²) in [5.74, 6) is 1.08. The Bertz CT molecular complexity index is 1030. The average Bonchev–Trinajstić information content (AvgIpc) is 3.08. The van der Waals surface area contributed by atoms with Crippen molar-refractivity contribution in [2.45, 2.75) is 32.7 Å². The highest BCUT2D eigenvalue weighted by molar-refractivity contribution is 5.85. The molecule has 0 atom stereocenters. The molecule has 1 saturated heterocycles. The van der Waals surface area contributed by atoms with Crippen LogP contribution in [0.1, 0.15) is 32.0 Å². The first-order valence-electron chi connectivity index (χ1n) is 9.80. The number of likely N-dealkylation sites (N-methyl/N-ethyl adjacent to an activating group) is 1. The van der Waals surface area contributed by atoms with Crippen LogP contribution in [-0.2, 0) is 12.0 Å². The van der Waals surface area contributed by atoms with Gasteiger partial charge in [-0.15, -0.1) is 12.4 Å². The minimum Gasteiger partial charge on any atom is -0.304 e. The Balaban J connectivity index is 0.00000240. The summed E-state index contributed by atoms with van der Waals surface area (Å²) in [5.41, 5.74) is 2.95. The second-order valence-corrected chi connectivity index (χ2v) is 8.70. The smallest absolute Gasteiger partial charge is 0.274 e. The summed E-state index contributed by atoms with van der Waals surface area (Å²) in [6.45, 7) is 11.3. The molecule has 8 heteroatoms. The van der Waals surface area contributed by atoms with E-state index in [-0.39, 0.29) is 23.4 Å². The van der Waals surface area contributed by atoms with E-state index in [4.69, 9.17) is 0 Å². The Kier molecular flexibility index (Phi) is 6.12. The topological polar surface area (TPSA) is 69.5 Å². The molecule has 0 radical (unpaired) electrons. The minimum absolute atomic E-state index is 0. The van der Waals surface area contributed by atoms with Crippen LogP contribution in [0.15, 0.2) is 35.1 Å². The van der Waals surface area contributed by atoms with Gasteiger partial charge in [0.25, 0.3) is 11.3 Å². The van der Waals surface area contributed by atoms with E-state index in [0.29, 0.717) is 18.1 Å². The summed E-state index contributed by atoms with van der Waals surface area (Å²) in [4.78, 5) is 26.4. The summed E-state index contributed by atoms with van der Waals surface area (Å²) >= 11 is 0. The van der Waals surface area contributed by atoms with Gasteiger partial charge in [0.2, 0.25) is 0 Å².